The van der Waals surface area contributed by atoms with Crippen LogP contribution in [0.3, 0.4) is 0 Å². The highest BCUT2D eigenvalue weighted by atomic mass is 16.6. The molecule has 4 aliphatic rings. The topological polar surface area (TPSA) is 288 Å². The smallest absolute Gasteiger partial charge is 0.311 e. The van der Waals surface area contributed by atoms with E-state index in [4.69, 9.17) is 15.2 Å². The average Bonchev–Trinajstić information content (AvgIpc) is 3.19. The minimum Gasteiger partial charge on any atom is -0.505 e. The lowest BCUT2D eigenvalue weighted by atomic mass is 9.98. The van der Waals surface area contributed by atoms with Gasteiger partial charge in [0.25, 0.3) is 23.6 Å². The van der Waals surface area contributed by atoms with Crippen LogP contribution in [-0.4, -0.2) is 84.1 Å². The molecule has 0 fully saturated rings. The van der Waals surface area contributed by atoms with Crippen molar-refractivity contribution in [2.24, 2.45) is 0 Å². The van der Waals surface area contributed by atoms with Crippen LogP contribution >= 0.6 is 0 Å². The summed E-state index contributed by atoms with van der Waals surface area (Å²) in [6.07, 6.45) is 2.87. The number of aromatic hydroxyl groups is 2. The summed E-state index contributed by atoms with van der Waals surface area (Å²) in [4.78, 5) is 65.8. The number of fused-ring (bicyclic) bond motifs is 4. The van der Waals surface area contributed by atoms with Gasteiger partial charge in [0.1, 0.15) is 5.75 Å². The number of nitro groups is 2. The van der Waals surface area contributed by atoms with Crippen molar-refractivity contribution in [3.05, 3.63) is 119 Å². The monoisotopic (exact) mass is 785 g/mol. The van der Waals surface area contributed by atoms with Gasteiger partial charge >= 0.3 is 11.4 Å². The van der Waals surface area contributed by atoms with Gasteiger partial charge in [-0.1, -0.05) is 30.3 Å². The molecule has 19 heteroatoms. The highest BCUT2D eigenvalue weighted by Crippen LogP contribution is 2.35. The number of benzene rings is 4. The molecule has 0 aliphatic carbocycles. The first-order valence-corrected chi connectivity index (χ1v) is 17.5. The Hall–Kier alpha value is -7.44. The quantitative estimate of drug-likeness (QED) is 0.0679. The number of hydrogen-bond acceptors (Lipinski definition) is 13. The van der Waals surface area contributed by atoms with E-state index in [2.05, 4.69) is 21.3 Å². The third-order valence-corrected chi connectivity index (χ3v) is 9.32. The molecule has 0 radical (unpaired) electrons. The Kier molecular flexibility index (Phi) is 12.7. The summed E-state index contributed by atoms with van der Waals surface area (Å²) >= 11 is 0. The van der Waals surface area contributed by atoms with E-state index in [1.54, 1.807) is 25.3 Å². The Morgan fingerprint density at radius 2 is 0.982 bits per heavy atom. The number of phenols is 2. The van der Waals surface area contributed by atoms with E-state index in [1.807, 2.05) is 18.2 Å². The third-order valence-electron chi connectivity index (χ3n) is 9.32. The maximum Gasteiger partial charge on any atom is 0.311 e. The highest BCUT2D eigenvalue weighted by Gasteiger charge is 2.29. The zero-order chi connectivity index (χ0) is 41.4. The number of ether oxygens (including phenoxy) is 2. The second-order valence-electron chi connectivity index (χ2n) is 12.7. The number of nitro benzene ring substituents is 2. The average molecular weight is 786 g/mol. The number of methoxy groups -OCH3 is 2. The maximum absolute atomic E-state index is 11.6. The Balaban J connectivity index is 0.000000146. The molecule has 0 aromatic heterocycles. The molecule has 4 aliphatic heterocycles. The second kappa shape index (κ2) is 17.8. The van der Waals surface area contributed by atoms with Gasteiger partial charge in [-0.05, 0) is 60.1 Å². The number of carbonyl (C=O) groups is 4. The highest BCUT2D eigenvalue weighted by molar-refractivity contribution is 6.02. The van der Waals surface area contributed by atoms with Crippen molar-refractivity contribution in [1.82, 2.24) is 21.3 Å². The summed E-state index contributed by atoms with van der Waals surface area (Å²) in [7, 11) is 2.90. The van der Waals surface area contributed by atoms with E-state index in [1.165, 1.54) is 25.3 Å². The number of nitrogens with zero attached hydrogens (tertiary/aromatic N) is 2. The van der Waals surface area contributed by atoms with Gasteiger partial charge in [-0.25, -0.2) is 0 Å². The first-order chi connectivity index (χ1) is 27.3. The van der Waals surface area contributed by atoms with Crippen LogP contribution in [0.25, 0.3) is 0 Å². The molecule has 0 spiro atoms. The van der Waals surface area contributed by atoms with E-state index >= 15 is 0 Å². The van der Waals surface area contributed by atoms with Gasteiger partial charge in [0.15, 0.2) is 5.75 Å². The summed E-state index contributed by atoms with van der Waals surface area (Å²) in [5.74, 6) is -0.997. The Morgan fingerprint density at radius 1 is 0.561 bits per heavy atom. The van der Waals surface area contributed by atoms with Crippen molar-refractivity contribution < 1.29 is 48.7 Å². The molecule has 0 unspecified atom stereocenters. The number of carbonyl (C=O) groups excluding carboxylic acids is 4. The van der Waals surface area contributed by atoms with Crippen molar-refractivity contribution in [2.75, 3.05) is 46.1 Å². The van der Waals surface area contributed by atoms with Gasteiger partial charge in [0.2, 0.25) is 11.5 Å². The molecule has 19 nitrogen and oxygen atoms in total. The number of hydrogen-bond donors (Lipinski definition) is 7. The van der Waals surface area contributed by atoms with E-state index in [-0.39, 0.29) is 51.7 Å². The van der Waals surface area contributed by atoms with Crippen LogP contribution in [0.1, 0.15) is 63.7 Å². The van der Waals surface area contributed by atoms with Crippen LogP contribution in [0.2, 0.25) is 0 Å². The molecule has 0 saturated carbocycles. The minimum atomic E-state index is -0.711. The van der Waals surface area contributed by atoms with Gasteiger partial charge in [-0.15, -0.1) is 0 Å². The maximum atomic E-state index is 11.6. The molecule has 0 bridgehead atoms. The van der Waals surface area contributed by atoms with Crippen molar-refractivity contribution in [3.8, 4) is 23.0 Å². The van der Waals surface area contributed by atoms with Crippen molar-refractivity contribution >= 4 is 40.7 Å². The Labute approximate surface area is 324 Å². The van der Waals surface area contributed by atoms with Crippen molar-refractivity contribution in [3.63, 3.8) is 0 Å². The molecular weight excluding hydrogens is 746 g/mol. The van der Waals surface area contributed by atoms with Crippen LogP contribution in [0.15, 0.2) is 54.6 Å². The van der Waals surface area contributed by atoms with Gasteiger partial charge in [-0.2, -0.15) is 0 Å². The van der Waals surface area contributed by atoms with Crippen LogP contribution in [0, 0.1) is 20.2 Å². The predicted molar refractivity (Wildman–Crippen MR) is 204 cm³/mol. The lowest BCUT2D eigenvalue weighted by molar-refractivity contribution is -0.386. The molecule has 4 amide bonds. The number of nitrogen functional groups attached to an aromatic ring is 1. The molecule has 298 valence electrons. The summed E-state index contributed by atoms with van der Waals surface area (Å²) in [5.41, 5.74) is 9.77. The van der Waals surface area contributed by atoms with Gasteiger partial charge < -0.3 is 46.7 Å². The van der Waals surface area contributed by atoms with Crippen LogP contribution < -0.4 is 36.5 Å². The van der Waals surface area contributed by atoms with Gasteiger partial charge in [0.05, 0.1) is 52.0 Å². The molecule has 0 saturated heterocycles. The minimum absolute atomic E-state index is 0.0236. The normalized spacial score (nSPS) is 14.4. The van der Waals surface area contributed by atoms with Crippen LogP contribution in [0.4, 0.5) is 17.1 Å². The van der Waals surface area contributed by atoms with Crippen LogP contribution in [0.5, 0.6) is 23.0 Å². The number of amides is 4. The van der Waals surface area contributed by atoms with E-state index in [9.17, 15) is 49.6 Å². The molecule has 4 aromatic rings. The van der Waals surface area contributed by atoms with Crippen molar-refractivity contribution in [1.29, 1.82) is 0 Å². The van der Waals surface area contributed by atoms with Gasteiger partial charge in [-0.3, -0.25) is 39.4 Å². The fourth-order valence-corrected chi connectivity index (χ4v) is 6.57. The first-order valence-electron chi connectivity index (χ1n) is 17.5. The second-order valence-corrected chi connectivity index (χ2v) is 12.7. The number of phenolic OH excluding ortho intramolecular Hbond substituents is 2. The zero-order valence-corrected chi connectivity index (χ0v) is 30.8. The standard InChI is InChI=1S/C10H10N2O4.C10H11NO2.C9H8N2O4.C9H10N2O2/c1-16-9-7(12(14)15)3-2-6-4-5-11-10(13)8(6)9;1-13-8-4-2-3-7-5-6-11-10(12)9(7)8;12-8-6(11(14)15)2-1-5-3-4-10-9(13)7(5)8;10-6-2-1-5-3-4-11-9(13)7(5)8(6)12/h2-3H,4-5H2,1H3,(H,11,13);2-4H,5-6H2,1H3,(H,11,12);1-2,12H,3-4H2,(H,10,13);1-2,12H,3-4,10H2,(H,11,13). The molecular formula is C38H39N7O12. The number of anilines is 1. The summed E-state index contributed by atoms with van der Waals surface area (Å²) in [6.45, 7) is 2.38. The van der Waals surface area contributed by atoms with E-state index in [0.29, 0.717) is 54.9 Å². The molecule has 8 rings (SSSR count). The fraction of sp³-hybridized carbons (Fsp3) is 0.263. The lowest BCUT2D eigenvalue weighted by Gasteiger charge is -2.18. The third kappa shape index (κ3) is 8.77. The molecule has 4 heterocycles. The SMILES string of the molecule is COc1c([N+](=O)[O-])ccc2c1C(=O)NCC2.COc1cccc2c1C(=O)NCC2.Nc1ccc2c(c1O)C(=O)NCC2.O=C1NCCc2ccc([N+](=O)[O-])c(O)c21. The number of nitrogens with one attached hydrogen (secondary N) is 4. The summed E-state index contributed by atoms with van der Waals surface area (Å²) < 4.78 is 10.1. The Morgan fingerprint density at radius 3 is 1.47 bits per heavy atom. The lowest BCUT2D eigenvalue weighted by Crippen LogP contribution is -2.32. The summed E-state index contributed by atoms with van der Waals surface area (Å²) in [5, 5.41) is 51.0. The van der Waals surface area contributed by atoms with E-state index in [0.717, 1.165) is 36.1 Å². The molecule has 4 aromatic carbocycles. The molecule has 8 N–H and O–H groups in total. The zero-order valence-electron chi connectivity index (χ0n) is 30.8. The van der Waals surface area contributed by atoms with Gasteiger partial charge in [0, 0.05) is 38.3 Å². The van der Waals surface area contributed by atoms with Crippen LogP contribution in [-0.2, 0) is 25.7 Å². The van der Waals surface area contributed by atoms with Crippen molar-refractivity contribution in [2.45, 2.75) is 25.7 Å². The number of rotatable bonds is 4. The molecule has 57 heavy (non-hydrogen) atoms. The van der Waals surface area contributed by atoms with E-state index < -0.39 is 27.2 Å². The predicted octanol–water partition coefficient (Wildman–Crippen LogP) is 2.72. The molecule has 0 atom stereocenters. The number of nitrogens with two attached hydrogens (primary N) is 1. The first kappa shape index (κ1) is 40.7. The Bertz CT molecular complexity index is 2260. The largest absolute Gasteiger partial charge is 0.505 e. The summed E-state index contributed by atoms with van der Waals surface area (Å²) in [6, 6.07) is 14.8. The fourth-order valence-electron chi connectivity index (χ4n) is 6.57.